The quantitative estimate of drug-likeness (QED) is 0.316. The summed E-state index contributed by atoms with van der Waals surface area (Å²) in [5.74, 6) is -0.578. The summed E-state index contributed by atoms with van der Waals surface area (Å²) in [5.41, 5.74) is 4.41. The molecule has 0 aromatic carbocycles. The van der Waals surface area contributed by atoms with Crippen LogP contribution in [0.15, 0.2) is 59.9 Å². The summed E-state index contributed by atoms with van der Waals surface area (Å²) < 4.78 is 21.1. The molecule has 178 valence electrons. The molecule has 0 aliphatic carbocycles. The number of rotatable bonds is 5. The molecule has 0 saturated heterocycles. The number of amides is 1. The van der Waals surface area contributed by atoms with E-state index in [2.05, 4.69) is 40.4 Å². The van der Waals surface area contributed by atoms with Crippen LogP contribution >= 0.6 is 0 Å². The molecule has 6 aromatic rings. The minimum Gasteiger partial charge on any atom is -0.472 e. The number of H-pyrrole nitrogens is 2. The number of carbonyl (C=O) groups excluding carboxylic acids is 1. The van der Waals surface area contributed by atoms with Crippen LogP contribution in [0, 0.1) is 11.7 Å². The summed E-state index contributed by atoms with van der Waals surface area (Å²) in [4.78, 5) is 32.8. The molecule has 0 unspecified atom stereocenters. The number of pyridine rings is 3. The average Bonchev–Trinajstić information content (AvgIpc) is 3.63. The van der Waals surface area contributed by atoms with Crippen molar-refractivity contribution in [2.24, 2.45) is 5.92 Å². The lowest BCUT2D eigenvalue weighted by Crippen LogP contribution is -2.17. The Hall–Kier alpha value is -4.93. The summed E-state index contributed by atoms with van der Waals surface area (Å²) in [7, 11) is 0. The normalized spacial score (nSPS) is 11.6. The molecule has 6 rings (SSSR count). The first-order chi connectivity index (χ1) is 17.5. The number of imidazole rings is 1. The Balaban J connectivity index is 1.46. The number of aromatic amines is 2. The van der Waals surface area contributed by atoms with Gasteiger partial charge in [-0.1, -0.05) is 13.8 Å². The van der Waals surface area contributed by atoms with E-state index in [0.29, 0.717) is 39.5 Å². The molecule has 0 aliphatic rings. The van der Waals surface area contributed by atoms with E-state index in [0.717, 1.165) is 11.1 Å². The third-order valence-electron chi connectivity index (χ3n) is 5.77. The highest BCUT2D eigenvalue weighted by Crippen LogP contribution is 2.34. The summed E-state index contributed by atoms with van der Waals surface area (Å²) in [6.45, 7) is 3.57. The molecule has 11 heteroatoms. The van der Waals surface area contributed by atoms with Gasteiger partial charge in [0.15, 0.2) is 11.6 Å². The van der Waals surface area contributed by atoms with Gasteiger partial charge in [-0.3, -0.25) is 24.8 Å². The smallest absolute Gasteiger partial charge is 0.226 e. The summed E-state index contributed by atoms with van der Waals surface area (Å²) in [5, 5.41) is 10.1. The van der Waals surface area contributed by atoms with Crippen LogP contribution in [0.1, 0.15) is 13.8 Å². The number of halogens is 1. The van der Waals surface area contributed by atoms with Crippen LogP contribution in [0.5, 0.6) is 0 Å². The summed E-state index contributed by atoms with van der Waals surface area (Å²) in [6, 6.07) is 5.22. The molecule has 0 atom stereocenters. The van der Waals surface area contributed by atoms with Gasteiger partial charge in [0.25, 0.3) is 0 Å². The predicted octanol–water partition coefficient (Wildman–Crippen LogP) is 4.95. The Kier molecular flexibility index (Phi) is 5.03. The first-order valence-corrected chi connectivity index (χ1v) is 11.2. The van der Waals surface area contributed by atoms with Gasteiger partial charge in [-0.15, -0.1) is 0 Å². The number of aromatic nitrogens is 7. The molecule has 0 spiro atoms. The van der Waals surface area contributed by atoms with Gasteiger partial charge < -0.3 is 14.7 Å². The molecule has 0 radical (unpaired) electrons. The van der Waals surface area contributed by atoms with E-state index < -0.39 is 5.82 Å². The topological polar surface area (TPSA) is 138 Å². The third kappa shape index (κ3) is 3.57. The van der Waals surface area contributed by atoms with Crippen molar-refractivity contribution < 1.29 is 13.6 Å². The average molecular weight is 482 g/mol. The molecule has 6 heterocycles. The molecule has 36 heavy (non-hydrogen) atoms. The number of hydrogen-bond acceptors (Lipinski definition) is 7. The Morgan fingerprint density at radius 3 is 2.75 bits per heavy atom. The largest absolute Gasteiger partial charge is 0.472 e. The van der Waals surface area contributed by atoms with Crippen molar-refractivity contribution in [3.63, 3.8) is 0 Å². The summed E-state index contributed by atoms with van der Waals surface area (Å²) in [6.07, 6.45) is 9.31. The van der Waals surface area contributed by atoms with Gasteiger partial charge in [-0.25, -0.2) is 9.37 Å². The van der Waals surface area contributed by atoms with Crippen LogP contribution < -0.4 is 5.32 Å². The van der Waals surface area contributed by atoms with E-state index in [4.69, 9.17) is 4.42 Å². The number of fused-ring (bicyclic) bond motifs is 2. The van der Waals surface area contributed by atoms with Crippen molar-refractivity contribution >= 4 is 33.5 Å². The number of nitrogens with zero attached hydrogens (tertiary/aromatic N) is 5. The third-order valence-corrected chi connectivity index (χ3v) is 5.77. The molecule has 1 amide bonds. The van der Waals surface area contributed by atoms with Gasteiger partial charge in [0.2, 0.25) is 5.91 Å². The first kappa shape index (κ1) is 21.6. The van der Waals surface area contributed by atoms with E-state index in [1.165, 1.54) is 18.6 Å². The maximum absolute atomic E-state index is 15.9. The van der Waals surface area contributed by atoms with E-state index in [9.17, 15) is 4.79 Å². The zero-order valence-corrected chi connectivity index (χ0v) is 19.2. The van der Waals surface area contributed by atoms with Gasteiger partial charge in [0.05, 0.1) is 47.0 Å². The highest BCUT2D eigenvalue weighted by atomic mass is 19.1. The maximum Gasteiger partial charge on any atom is 0.226 e. The maximum atomic E-state index is 15.9. The summed E-state index contributed by atoms with van der Waals surface area (Å²) >= 11 is 0. The zero-order valence-electron chi connectivity index (χ0n) is 19.2. The SMILES string of the molecule is CC(C)C(=O)Nc1cncc(-c2ncc3[nH]nc(-c4nc5c(-c6ccoc6)nccc5[nH]4)c3c2F)c1. The van der Waals surface area contributed by atoms with E-state index in [-0.39, 0.29) is 22.9 Å². The molecular formula is C25H19FN8O2. The van der Waals surface area contributed by atoms with Crippen molar-refractivity contribution in [3.05, 3.63) is 61.3 Å². The van der Waals surface area contributed by atoms with Crippen molar-refractivity contribution in [2.45, 2.75) is 13.8 Å². The second-order valence-electron chi connectivity index (χ2n) is 8.54. The molecule has 0 fully saturated rings. The van der Waals surface area contributed by atoms with E-state index in [1.54, 1.807) is 50.8 Å². The Labute approximate surface area is 203 Å². The van der Waals surface area contributed by atoms with Crippen LogP contribution in [-0.4, -0.2) is 41.0 Å². The number of hydrogen-bond donors (Lipinski definition) is 3. The zero-order chi connectivity index (χ0) is 24.8. The predicted molar refractivity (Wildman–Crippen MR) is 131 cm³/mol. The fourth-order valence-electron chi connectivity index (χ4n) is 3.93. The molecule has 6 aromatic heterocycles. The molecule has 0 aliphatic heterocycles. The highest BCUT2D eigenvalue weighted by Gasteiger charge is 2.22. The fraction of sp³-hybridized carbons (Fsp3) is 0.120. The van der Waals surface area contributed by atoms with Crippen molar-refractivity contribution in [1.29, 1.82) is 0 Å². The number of nitrogens with one attached hydrogen (secondary N) is 3. The molecule has 0 saturated carbocycles. The Morgan fingerprint density at radius 2 is 1.94 bits per heavy atom. The number of carbonyl (C=O) groups is 1. The molecule has 3 N–H and O–H groups in total. The van der Waals surface area contributed by atoms with Crippen LogP contribution in [-0.2, 0) is 4.79 Å². The highest BCUT2D eigenvalue weighted by molar-refractivity contribution is 5.97. The van der Waals surface area contributed by atoms with E-state index >= 15 is 4.39 Å². The van der Waals surface area contributed by atoms with Gasteiger partial charge in [-0.2, -0.15) is 5.10 Å². The number of furan rings is 1. The minimum absolute atomic E-state index is 0.0789. The van der Waals surface area contributed by atoms with Gasteiger partial charge >= 0.3 is 0 Å². The van der Waals surface area contributed by atoms with Gasteiger partial charge in [0.1, 0.15) is 22.6 Å². The molecule has 0 bridgehead atoms. The van der Waals surface area contributed by atoms with Crippen molar-refractivity contribution in [1.82, 2.24) is 35.1 Å². The van der Waals surface area contributed by atoms with Crippen molar-refractivity contribution in [2.75, 3.05) is 5.32 Å². The first-order valence-electron chi connectivity index (χ1n) is 11.2. The number of anilines is 1. The molecular weight excluding hydrogens is 463 g/mol. The lowest BCUT2D eigenvalue weighted by Gasteiger charge is -2.09. The monoisotopic (exact) mass is 482 g/mol. The standard InChI is InChI=1S/C25H19FN8O2/c1-12(2)25(35)30-15-7-14(8-27-9-15)20-19(26)18-17(10-29-20)33-34-23(18)24-31-16-3-5-28-21(22(16)32-24)13-4-6-36-11-13/h3-12H,1-2H3,(H,30,35)(H,31,32)(H,33,34). The molecule has 10 nitrogen and oxygen atoms in total. The van der Waals surface area contributed by atoms with Crippen molar-refractivity contribution in [3.8, 4) is 34.0 Å². The van der Waals surface area contributed by atoms with Crippen LogP contribution in [0.25, 0.3) is 56.0 Å². The fourth-order valence-corrected chi connectivity index (χ4v) is 3.93. The van der Waals surface area contributed by atoms with Gasteiger partial charge in [-0.05, 0) is 18.2 Å². The minimum atomic E-state index is -0.584. The Morgan fingerprint density at radius 1 is 1.06 bits per heavy atom. The lowest BCUT2D eigenvalue weighted by molar-refractivity contribution is -0.118. The van der Waals surface area contributed by atoms with Crippen LogP contribution in [0.2, 0.25) is 0 Å². The second-order valence-corrected chi connectivity index (χ2v) is 8.54. The van der Waals surface area contributed by atoms with Gasteiger partial charge in [0, 0.05) is 29.4 Å². The van der Waals surface area contributed by atoms with E-state index in [1.807, 2.05) is 0 Å². The Bertz CT molecular complexity index is 1740. The van der Waals surface area contributed by atoms with Crippen LogP contribution in [0.3, 0.4) is 0 Å². The lowest BCUT2D eigenvalue weighted by atomic mass is 10.1. The second kappa shape index (κ2) is 8.38. The van der Waals surface area contributed by atoms with Crippen LogP contribution in [0.4, 0.5) is 10.1 Å².